The van der Waals surface area contributed by atoms with Gasteiger partial charge in [-0.1, -0.05) is 30.3 Å². The number of hydrogen-bond donors (Lipinski definition) is 1. The van der Waals surface area contributed by atoms with Crippen LogP contribution in [-0.4, -0.2) is 15.5 Å². The Morgan fingerprint density at radius 3 is 2.68 bits per heavy atom. The molecule has 0 bridgehead atoms. The van der Waals surface area contributed by atoms with E-state index in [1.165, 1.54) is 29.3 Å². The first-order chi connectivity index (χ1) is 14.7. The van der Waals surface area contributed by atoms with Gasteiger partial charge in [-0.3, -0.25) is 10.1 Å². The predicted molar refractivity (Wildman–Crippen MR) is 115 cm³/mol. The number of aromatic nitrogens is 3. The van der Waals surface area contributed by atoms with Crippen LogP contribution in [0.15, 0.2) is 66.2 Å². The number of amides is 1. The minimum absolute atomic E-state index is 0. The van der Waals surface area contributed by atoms with Gasteiger partial charge in [0.15, 0.2) is 17.4 Å². The fourth-order valence-electron chi connectivity index (χ4n) is 3.88. The molecule has 31 heavy (non-hydrogen) atoms. The molecule has 0 saturated heterocycles. The topological polar surface area (TPSA) is 50.8 Å². The molecule has 1 aliphatic heterocycles. The van der Waals surface area contributed by atoms with Crippen molar-refractivity contribution >= 4 is 22.4 Å². The molecule has 3 heterocycles. The van der Waals surface area contributed by atoms with Gasteiger partial charge >= 0.3 is 0 Å². The molecule has 1 aliphatic rings. The van der Waals surface area contributed by atoms with E-state index in [1.807, 2.05) is 28.1 Å². The number of thiazole rings is 1. The summed E-state index contributed by atoms with van der Waals surface area (Å²) in [4.78, 5) is 17.2. The van der Waals surface area contributed by atoms with Gasteiger partial charge in [0.1, 0.15) is 12.0 Å². The van der Waals surface area contributed by atoms with Crippen LogP contribution in [0.1, 0.15) is 12.2 Å². The predicted octanol–water partition coefficient (Wildman–Crippen LogP) is 1.29. The van der Waals surface area contributed by atoms with Gasteiger partial charge in [-0.15, -0.1) is 11.3 Å². The van der Waals surface area contributed by atoms with E-state index in [1.54, 1.807) is 12.1 Å². The van der Waals surface area contributed by atoms with Gasteiger partial charge in [0.2, 0.25) is 0 Å². The Bertz CT molecular complexity index is 1200. The molecule has 5 rings (SSSR count). The van der Waals surface area contributed by atoms with Crippen molar-refractivity contribution in [3.63, 3.8) is 0 Å². The van der Waals surface area contributed by atoms with Crippen LogP contribution in [0.5, 0.6) is 0 Å². The van der Waals surface area contributed by atoms with Crippen molar-refractivity contribution in [2.75, 3.05) is 5.32 Å². The molecular formula is C23H20ClFN4OS. The minimum atomic E-state index is -0.283. The highest BCUT2D eigenvalue weighted by Gasteiger charge is 2.29. The molecule has 0 atom stereocenters. The standard InChI is InChI=1S/C23H19FN4OS.ClH/c24-18-10-8-16(9-11-18)19-15-30-23(25-19)26-21(29)14-27-13-20(17-5-2-1-3-6-17)28-12-4-7-22(27)28;/h1-3,5-6,8-11,13,15H,4,7,12,14H2;1H. The van der Waals surface area contributed by atoms with Crippen molar-refractivity contribution in [3.8, 4) is 22.5 Å². The molecular weight excluding hydrogens is 435 g/mol. The number of nitrogens with one attached hydrogen (secondary N) is 1. The summed E-state index contributed by atoms with van der Waals surface area (Å²) in [5.41, 5.74) is 3.84. The Morgan fingerprint density at radius 1 is 1.13 bits per heavy atom. The van der Waals surface area contributed by atoms with Crippen molar-refractivity contribution in [1.82, 2.24) is 9.55 Å². The lowest BCUT2D eigenvalue weighted by Crippen LogP contribution is -3.00. The number of carbonyl (C=O) groups is 1. The number of rotatable bonds is 5. The first-order valence-corrected chi connectivity index (χ1v) is 10.7. The molecule has 0 radical (unpaired) electrons. The average Bonchev–Trinajstić information content (AvgIpc) is 3.48. The smallest absolute Gasteiger partial charge is 0.268 e. The van der Waals surface area contributed by atoms with E-state index in [4.69, 9.17) is 0 Å². The molecule has 0 fully saturated rings. The molecule has 158 valence electrons. The Balaban J connectivity index is 0.00000231. The van der Waals surface area contributed by atoms with Crippen molar-refractivity contribution in [2.24, 2.45) is 0 Å². The molecule has 0 saturated carbocycles. The van der Waals surface area contributed by atoms with Crippen LogP contribution in [0, 0.1) is 5.82 Å². The van der Waals surface area contributed by atoms with Gasteiger partial charge in [0.25, 0.3) is 11.7 Å². The van der Waals surface area contributed by atoms with Crippen molar-refractivity contribution in [3.05, 3.63) is 77.8 Å². The number of nitrogens with zero attached hydrogens (tertiary/aromatic N) is 3. The van der Waals surface area contributed by atoms with Crippen LogP contribution < -0.4 is 22.3 Å². The molecule has 1 amide bonds. The molecule has 1 N–H and O–H groups in total. The number of hydrogen-bond acceptors (Lipinski definition) is 3. The normalized spacial score (nSPS) is 12.3. The quantitative estimate of drug-likeness (QED) is 0.462. The van der Waals surface area contributed by atoms with E-state index in [0.717, 1.165) is 41.9 Å². The van der Waals surface area contributed by atoms with Crippen LogP contribution in [0.3, 0.4) is 0 Å². The first kappa shape index (κ1) is 21.2. The van der Waals surface area contributed by atoms with Gasteiger partial charge in [0, 0.05) is 16.5 Å². The molecule has 0 spiro atoms. The third-order valence-electron chi connectivity index (χ3n) is 5.27. The van der Waals surface area contributed by atoms with Gasteiger partial charge in [0.05, 0.1) is 18.7 Å². The average molecular weight is 455 g/mol. The fraction of sp³-hybridized carbons (Fsp3) is 0.174. The molecule has 5 nitrogen and oxygen atoms in total. The minimum Gasteiger partial charge on any atom is -1.00 e. The largest absolute Gasteiger partial charge is 1.00 e. The molecule has 0 unspecified atom stereocenters. The fourth-order valence-corrected chi connectivity index (χ4v) is 4.62. The van der Waals surface area contributed by atoms with Crippen molar-refractivity contribution in [2.45, 2.75) is 25.9 Å². The lowest BCUT2D eigenvalue weighted by Gasteiger charge is -2.01. The van der Waals surface area contributed by atoms with Crippen molar-refractivity contribution < 1.29 is 26.2 Å². The van der Waals surface area contributed by atoms with E-state index < -0.39 is 0 Å². The number of halogens is 2. The molecule has 4 aromatic rings. The molecule has 8 heteroatoms. The SMILES string of the molecule is O=C(C[n+]1cc(-c2ccccc2)n2c1CCC2)Nc1nc(-c2ccc(F)cc2)cs1.[Cl-]. The lowest BCUT2D eigenvalue weighted by atomic mass is 10.2. The maximum absolute atomic E-state index is 13.1. The molecule has 2 aromatic heterocycles. The highest BCUT2D eigenvalue weighted by molar-refractivity contribution is 7.14. The summed E-state index contributed by atoms with van der Waals surface area (Å²) in [7, 11) is 0. The van der Waals surface area contributed by atoms with E-state index in [9.17, 15) is 9.18 Å². The Labute approximate surface area is 189 Å². The van der Waals surface area contributed by atoms with Gasteiger partial charge < -0.3 is 12.4 Å². The summed E-state index contributed by atoms with van der Waals surface area (Å²) >= 11 is 1.36. The first-order valence-electron chi connectivity index (χ1n) is 9.86. The zero-order valence-electron chi connectivity index (χ0n) is 16.6. The van der Waals surface area contributed by atoms with E-state index in [0.29, 0.717) is 5.13 Å². The summed E-state index contributed by atoms with van der Waals surface area (Å²) in [6.07, 6.45) is 4.12. The monoisotopic (exact) mass is 454 g/mol. The third kappa shape index (κ3) is 4.38. The summed E-state index contributed by atoms with van der Waals surface area (Å²) in [5.74, 6) is 0.782. The van der Waals surface area contributed by atoms with Gasteiger partial charge in [-0.2, -0.15) is 0 Å². The van der Waals surface area contributed by atoms with E-state index in [2.05, 4.69) is 33.2 Å². The number of carbonyl (C=O) groups excluding carboxylic acids is 1. The van der Waals surface area contributed by atoms with Crippen LogP contribution in [-0.2, 0) is 24.3 Å². The van der Waals surface area contributed by atoms with E-state index >= 15 is 0 Å². The second-order valence-electron chi connectivity index (χ2n) is 7.27. The third-order valence-corrected chi connectivity index (χ3v) is 6.03. The van der Waals surface area contributed by atoms with Crippen LogP contribution in [0.4, 0.5) is 9.52 Å². The number of imidazole rings is 1. The zero-order valence-corrected chi connectivity index (χ0v) is 18.2. The highest BCUT2D eigenvalue weighted by atomic mass is 35.5. The second-order valence-corrected chi connectivity index (χ2v) is 8.13. The Kier molecular flexibility index (Phi) is 6.15. The maximum atomic E-state index is 13.1. The summed E-state index contributed by atoms with van der Waals surface area (Å²) < 4.78 is 17.5. The van der Waals surface area contributed by atoms with Gasteiger partial charge in [-0.05, 0) is 30.7 Å². The van der Waals surface area contributed by atoms with Crippen LogP contribution in [0.2, 0.25) is 0 Å². The second kappa shape index (κ2) is 8.99. The molecule has 0 aliphatic carbocycles. The Hall–Kier alpha value is -3.03. The van der Waals surface area contributed by atoms with Crippen LogP contribution >= 0.6 is 11.3 Å². The lowest BCUT2D eigenvalue weighted by molar-refractivity contribution is -0.690. The highest BCUT2D eigenvalue weighted by Crippen LogP contribution is 2.26. The zero-order chi connectivity index (χ0) is 20.5. The number of fused-ring (bicyclic) bond motifs is 1. The summed E-state index contributed by atoms with van der Waals surface area (Å²) in [6, 6.07) is 16.4. The maximum Gasteiger partial charge on any atom is 0.268 e. The number of benzene rings is 2. The van der Waals surface area contributed by atoms with Crippen LogP contribution in [0.25, 0.3) is 22.5 Å². The Morgan fingerprint density at radius 2 is 1.90 bits per heavy atom. The molecule has 2 aromatic carbocycles. The number of anilines is 1. The van der Waals surface area contributed by atoms with Crippen molar-refractivity contribution in [1.29, 1.82) is 0 Å². The van der Waals surface area contributed by atoms with Gasteiger partial charge in [-0.25, -0.2) is 18.5 Å². The summed E-state index contributed by atoms with van der Waals surface area (Å²) in [6.45, 7) is 1.22. The van der Waals surface area contributed by atoms with E-state index in [-0.39, 0.29) is 30.7 Å². The summed E-state index contributed by atoms with van der Waals surface area (Å²) in [5, 5.41) is 5.30.